The normalized spacial score (nSPS) is 10.6. The van der Waals surface area contributed by atoms with E-state index in [1.54, 1.807) is 0 Å². The van der Waals surface area contributed by atoms with Crippen LogP contribution in [0.3, 0.4) is 0 Å². The van der Waals surface area contributed by atoms with Gasteiger partial charge in [-0.2, -0.15) is 0 Å². The maximum absolute atomic E-state index is 8.48. The summed E-state index contributed by atoms with van der Waals surface area (Å²) in [7, 11) is 0. The van der Waals surface area contributed by atoms with E-state index < -0.39 is 0 Å². The largest absolute Gasteiger partial charge is 0.491 e. The van der Waals surface area contributed by atoms with Gasteiger partial charge in [-0.25, -0.2) is 0 Å². The molecule has 0 aliphatic heterocycles. The number of nitrogens with two attached hydrogens (primary N) is 1. The molecule has 1 aromatic rings. The van der Waals surface area contributed by atoms with Crippen molar-refractivity contribution in [3.05, 3.63) is 29.8 Å². The van der Waals surface area contributed by atoms with Crippen molar-refractivity contribution < 1.29 is 19.3 Å². The van der Waals surface area contributed by atoms with Crippen LogP contribution in [0.2, 0.25) is 0 Å². The summed E-state index contributed by atoms with van der Waals surface area (Å²) in [4.78, 5) is 0. The first-order valence-electron chi connectivity index (χ1n) is 6.05. The predicted octanol–water partition coefficient (Wildman–Crippen LogP) is 0.550. The van der Waals surface area contributed by atoms with Crippen LogP contribution in [-0.4, -0.2) is 44.7 Å². The van der Waals surface area contributed by atoms with Crippen LogP contribution in [0.25, 0.3) is 0 Å². The fraction of sp³-hybridized carbons (Fsp3) is 0.538. The fourth-order valence-corrected chi connectivity index (χ4v) is 1.33. The minimum Gasteiger partial charge on any atom is -0.491 e. The summed E-state index contributed by atoms with van der Waals surface area (Å²) in [6.07, 6.45) is 0. The third kappa shape index (κ3) is 6.56. The van der Waals surface area contributed by atoms with Crippen LogP contribution in [0.4, 0.5) is 0 Å². The van der Waals surface area contributed by atoms with Gasteiger partial charge in [0.1, 0.15) is 12.4 Å². The standard InChI is InChI=1S/C13H21NO4/c14-11-12-1-3-13(4-2-12)18-10-9-17-8-7-16-6-5-15/h1-4,15H,5-11,14H2. The van der Waals surface area contributed by atoms with Gasteiger partial charge < -0.3 is 25.1 Å². The molecule has 1 rings (SSSR count). The third-order valence-corrected chi connectivity index (χ3v) is 2.26. The smallest absolute Gasteiger partial charge is 0.119 e. The Morgan fingerprint density at radius 3 is 2.11 bits per heavy atom. The number of benzene rings is 1. The monoisotopic (exact) mass is 255 g/mol. The highest BCUT2D eigenvalue weighted by Gasteiger charge is 1.95. The molecule has 0 radical (unpaired) electrons. The first-order valence-corrected chi connectivity index (χ1v) is 6.05. The third-order valence-electron chi connectivity index (χ3n) is 2.26. The van der Waals surface area contributed by atoms with Gasteiger partial charge in [0.05, 0.1) is 33.0 Å². The summed E-state index contributed by atoms with van der Waals surface area (Å²) >= 11 is 0. The lowest BCUT2D eigenvalue weighted by molar-refractivity contribution is 0.0247. The van der Waals surface area contributed by atoms with E-state index in [2.05, 4.69) is 0 Å². The van der Waals surface area contributed by atoms with E-state index >= 15 is 0 Å². The molecule has 0 bridgehead atoms. The van der Waals surface area contributed by atoms with Gasteiger partial charge in [-0.3, -0.25) is 0 Å². The average molecular weight is 255 g/mol. The second-order valence-corrected chi connectivity index (χ2v) is 3.64. The molecule has 0 heterocycles. The van der Waals surface area contributed by atoms with Gasteiger partial charge in [0.25, 0.3) is 0 Å². The molecule has 102 valence electrons. The topological polar surface area (TPSA) is 73.9 Å². The number of hydrogen-bond acceptors (Lipinski definition) is 5. The van der Waals surface area contributed by atoms with Crippen LogP contribution < -0.4 is 10.5 Å². The Kier molecular flexibility index (Phi) is 8.16. The quantitative estimate of drug-likeness (QED) is 0.597. The lowest BCUT2D eigenvalue weighted by atomic mass is 10.2. The second-order valence-electron chi connectivity index (χ2n) is 3.64. The van der Waals surface area contributed by atoms with E-state index in [1.165, 1.54) is 0 Å². The summed E-state index contributed by atoms with van der Waals surface area (Å²) in [6, 6.07) is 7.68. The maximum atomic E-state index is 8.48. The maximum Gasteiger partial charge on any atom is 0.119 e. The molecule has 1 aromatic carbocycles. The predicted molar refractivity (Wildman–Crippen MR) is 68.6 cm³/mol. The van der Waals surface area contributed by atoms with E-state index in [9.17, 15) is 0 Å². The van der Waals surface area contributed by atoms with E-state index in [4.69, 9.17) is 25.1 Å². The molecule has 0 saturated heterocycles. The van der Waals surface area contributed by atoms with Crippen LogP contribution in [0.5, 0.6) is 5.75 Å². The lowest BCUT2D eigenvalue weighted by Crippen LogP contribution is -2.11. The van der Waals surface area contributed by atoms with Crippen molar-refractivity contribution in [3.8, 4) is 5.75 Å². The van der Waals surface area contributed by atoms with E-state index in [0.717, 1.165) is 11.3 Å². The highest BCUT2D eigenvalue weighted by molar-refractivity contribution is 5.26. The molecule has 5 heteroatoms. The van der Waals surface area contributed by atoms with Crippen molar-refractivity contribution in [1.82, 2.24) is 0 Å². The van der Waals surface area contributed by atoms with Gasteiger partial charge in [0.15, 0.2) is 0 Å². The Morgan fingerprint density at radius 2 is 1.50 bits per heavy atom. The lowest BCUT2D eigenvalue weighted by Gasteiger charge is -2.08. The first-order chi connectivity index (χ1) is 8.86. The molecular weight excluding hydrogens is 234 g/mol. The zero-order valence-corrected chi connectivity index (χ0v) is 10.5. The molecular formula is C13H21NO4. The summed E-state index contributed by atoms with van der Waals surface area (Å²) in [5.41, 5.74) is 6.58. The minimum absolute atomic E-state index is 0.0436. The number of aliphatic hydroxyl groups excluding tert-OH is 1. The SMILES string of the molecule is NCc1ccc(OCCOCCOCCO)cc1. The highest BCUT2D eigenvalue weighted by atomic mass is 16.5. The van der Waals surface area contributed by atoms with Crippen LogP contribution in [0.15, 0.2) is 24.3 Å². The Bertz CT molecular complexity index is 302. The molecule has 3 N–H and O–H groups in total. The average Bonchev–Trinajstić information content (AvgIpc) is 2.42. The number of aliphatic hydroxyl groups is 1. The molecule has 5 nitrogen and oxygen atoms in total. The summed E-state index contributed by atoms with van der Waals surface area (Å²) in [5, 5.41) is 8.48. The summed E-state index contributed by atoms with van der Waals surface area (Å²) in [6.45, 7) is 2.96. The van der Waals surface area contributed by atoms with E-state index in [-0.39, 0.29) is 6.61 Å². The van der Waals surface area contributed by atoms with E-state index in [1.807, 2.05) is 24.3 Å². The Labute approximate surface area is 107 Å². The molecule has 0 aliphatic carbocycles. The second kappa shape index (κ2) is 9.85. The van der Waals surface area contributed by atoms with Crippen molar-refractivity contribution in [2.24, 2.45) is 5.73 Å². The number of ether oxygens (including phenoxy) is 3. The molecule has 0 aliphatic rings. The van der Waals surface area contributed by atoms with Gasteiger partial charge in [-0.05, 0) is 17.7 Å². The van der Waals surface area contributed by atoms with Gasteiger partial charge in [-0.15, -0.1) is 0 Å². The Balaban J connectivity index is 2.00. The fourth-order valence-electron chi connectivity index (χ4n) is 1.33. The molecule has 0 saturated carbocycles. The minimum atomic E-state index is 0.0436. The summed E-state index contributed by atoms with van der Waals surface area (Å²) < 4.78 is 15.8. The zero-order chi connectivity index (χ0) is 13.1. The molecule has 0 aromatic heterocycles. The Hall–Kier alpha value is -1.14. The van der Waals surface area contributed by atoms with Crippen molar-refractivity contribution in [3.63, 3.8) is 0 Å². The molecule has 0 amide bonds. The van der Waals surface area contributed by atoms with Gasteiger partial charge in [-0.1, -0.05) is 12.1 Å². The zero-order valence-electron chi connectivity index (χ0n) is 10.5. The van der Waals surface area contributed by atoms with Crippen molar-refractivity contribution in [2.75, 3.05) is 39.6 Å². The molecule has 0 spiro atoms. The molecule has 18 heavy (non-hydrogen) atoms. The number of hydrogen-bond donors (Lipinski definition) is 2. The van der Waals surface area contributed by atoms with Crippen LogP contribution in [0.1, 0.15) is 5.56 Å². The highest BCUT2D eigenvalue weighted by Crippen LogP contribution is 2.11. The summed E-state index contributed by atoms with van der Waals surface area (Å²) in [5.74, 6) is 0.812. The Morgan fingerprint density at radius 1 is 0.889 bits per heavy atom. The van der Waals surface area contributed by atoms with Crippen LogP contribution in [-0.2, 0) is 16.0 Å². The molecule has 0 atom stereocenters. The van der Waals surface area contributed by atoms with E-state index in [0.29, 0.717) is 39.6 Å². The van der Waals surface area contributed by atoms with Gasteiger partial charge in [0, 0.05) is 6.54 Å². The molecule has 0 fully saturated rings. The number of rotatable bonds is 10. The van der Waals surface area contributed by atoms with Gasteiger partial charge in [0.2, 0.25) is 0 Å². The molecule has 0 unspecified atom stereocenters. The van der Waals surface area contributed by atoms with Gasteiger partial charge >= 0.3 is 0 Å². The van der Waals surface area contributed by atoms with Crippen LogP contribution >= 0.6 is 0 Å². The van der Waals surface area contributed by atoms with Crippen molar-refractivity contribution in [2.45, 2.75) is 6.54 Å². The van der Waals surface area contributed by atoms with Crippen molar-refractivity contribution in [1.29, 1.82) is 0 Å². The van der Waals surface area contributed by atoms with Crippen LogP contribution in [0, 0.1) is 0 Å². The first kappa shape index (κ1) is 14.9. The van der Waals surface area contributed by atoms with Crippen molar-refractivity contribution >= 4 is 0 Å².